The number of ether oxygens (including phenoxy) is 1. The van der Waals surface area contributed by atoms with Gasteiger partial charge >= 0.3 is 0 Å². The van der Waals surface area contributed by atoms with E-state index < -0.39 is 0 Å². The van der Waals surface area contributed by atoms with Gasteiger partial charge in [0.1, 0.15) is 11.6 Å². The molecule has 2 aromatic rings. The van der Waals surface area contributed by atoms with E-state index in [0.29, 0.717) is 5.88 Å². The van der Waals surface area contributed by atoms with E-state index in [1.165, 1.54) is 0 Å². The van der Waals surface area contributed by atoms with Gasteiger partial charge in [-0.15, -0.1) is 0 Å². The molecule has 4 heteroatoms. The molecular weight excluding hydrogens is 226 g/mol. The Morgan fingerprint density at radius 3 is 2.61 bits per heavy atom. The molecule has 0 fully saturated rings. The first-order valence-electron chi connectivity index (χ1n) is 5.79. The fourth-order valence-electron chi connectivity index (χ4n) is 1.56. The van der Waals surface area contributed by atoms with Crippen LogP contribution in [-0.2, 0) is 0 Å². The van der Waals surface area contributed by atoms with Gasteiger partial charge in [-0.25, -0.2) is 0 Å². The number of rotatable bonds is 4. The maximum Gasteiger partial charge on any atom is 0.221 e. The van der Waals surface area contributed by atoms with Crippen LogP contribution in [-0.4, -0.2) is 26.1 Å². The molecule has 1 aromatic heterocycles. The molecule has 4 nitrogen and oxygen atoms in total. The summed E-state index contributed by atoms with van der Waals surface area (Å²) >= 11 is 0. The minimum absolute atomic E-state index is 0.581. The molecule has 0 aliphatic carbocycles. The van der Waals surface area contributed by atoms with E-state index in [2.05, 4.69) is 10.3 Å². The lowest BCUT2D eigenvalue weighted by molar-refractivity contribution is 0.464. The summed E-state index contributed by atoms with van der Waals surface area (Å²) in [7, 11) is 5.83. The molecule has 0 aliphatic rings. The zero-order chi connectivity index (χ0) is 13.0. The Morgan fingerprint density at radius 1 is 1.11 bits per heavy atom. The first-order valence-corrected chi connectivity index (χ1v) is 5.79. The molecule has 1 heterocycles. The van der Waals surface area contributed by atoms with Crippen LogP contribution < -0.4 is 15.0 Å². The highest BCUT2D eigenvalue weighted by Crippen LogP contribution is 2.24. The van der Waals surface area contributed by atoms with E-state index in [1.54, 1.807) is 0 Å². The van der Waals surface area contributed by atoms with E-state index in [9.17, 15) is 0 Å². The summed E-state index contributed by atoms with van der Waals surface area (Å²) < 4.78 is 5.73. The predicted octanol–water partition coefficient (Wildman–Crippen LogP) is 2.98. The summed E-state index contributed by atoms with van der Waals surface area (Å²) in [5.41, 5.74) is 1.09. The Labute approximate surface area is 107 Å². The number of aromatic nitrogens is 1. The van der Waals surface area contributed by atoms with Crippen molar-refractivity contribution in [1.29, 1.82) is 0 Å². The van der Waals surface area contributed by atoms with Gasteiger partial charge in [-0.2, -0.15) is 4.98 Å². The van der Waals surface area contributed by atoms with E-state index in [-0.39, 0.29) is 0 Å². The molecule has 0 saturated carbocycles. The molecule has 94 valence electrons. The highest BCUT2D eigenvalue weighted by molar-refractivity contribution is 5.50. The normalized spacial score (nSPS) is 9.94. The van der Waals surface area contributed by atoms with Crippen molar-refractivity contribution in [2.24, 2.45) is 0 Å². The van der Waals surface area contributed by atoms with E-state index in [1.807, 2.05) is 68.5 Å². The molecular formula is C14H17N3O. The van der Waals surface area contributed by atoms with Crippen LogP contribution in [0.2, 0.25) is 0 Å². The monoisotopic (exact) mass is 243 g/mol. The number of anilines is 2. The third kappa shape index (κ3) is 2.91. The average molecular weight is 243 g/mol. The lowest BCUT2D eigenvalue weighted by atomic mass is 10.3. The average Bonchev–Trinajstić information content (AvgIpc) is 2.39. The van der Waals surface area contributed by atoms with Crippen LogP contribution in [0.25, 0.3) is 0 Å². The second-order valence-corrected chi connectivity index (χ2v) is 4.10. The quantitative estimate of drug-likeness (QED) is 0.895. The van der Waals surface area contributed by atoms with Crippen LogP contribution in [0.3, 0.4) is 0 Å². The molecule has 0 aliphatic heterocycles. The molecule has 1 N–H and O–H groups in total. The van der Waals surface area contributed by atoms with Gasteiger partial charge in [0.25, 0.3) is 0 Å². The fourth-order valence-corrected chi connectivity index (χ4v) is 1.56. The van der Waals surface area contributed by atoms with Gasteiger partial charge in [0.15, 0.2) is 0 Å². The van der Waals surface area contributed by atoms with Crippen molar-refractivity contribution < 1.29 is 4.74 Å². The van der Waals surface area contributed by atoms with Gasteiger partial charge in [0, 0.05) is 39.0 Å². The largest absolute Gasteiger partial charge is 0.439 e. The molecule has 2 rings (SSSR count). The van der Waals surface area contributed by atoms with Crippen LogP contribution >= 0.6 is 0 Å². The maximum atomic E-state index is 5.73. The zero-order valence-electron chi connectivity index (χ0n) is 10.8. The smallest absolute Gasteiger partial charge is 0.221 e. The van der Waals surface area contributed by atoms with Crippen LogP contribution in [0.5, 0.6) is 11.6 Å². The highest BCUT2D eigenvalue weighted by atomic mass is 16.5. The van der Waals surface area contributed by atoms with Gasteiger partial charge in [-0.05, 0) is 18.2 Å². The Hall–Kier alpha value is -2.23. The Bertz CT molecular complexity index is 526. The molecule has 0 unspecified atom stereocenters. The molecule has 0 spiro atoms. The van der Waals surface area contributed by atoms with Crippen LogP contribution in [0.1, 0.15) is 0 Å². The molecule has 0 atom stereocenters. The SMILES string of the molecule is CNc1cccc(Oc2cccc(N(C)C)c2)n1. The van der Waals surface area contributed by atoms with Gasteiger partial charge in [0.05, 0.1) is 0 Å². The van der Waals surface area contributed by atoms with Crippen molar-refractivity contribution in [2.45, 2.75) is 0 Å². The second kappa shape index (κ2) is 5.40. The molecule has 0 saturated heterocycles. The van der Waals surface area contributed by atoms with Crippen LogP contribution in [0.4, 0.5) is 11.5 Å². The van der Waals surface area contributed by atoms with E-state index in [0.717, 1.165) is 17.3 Å². The highest BCUT2D eigenvalue weighted by Gasteiger charge is 2.02. The van der Waals surface area contributed by atoms with Crippen molar-refractivity contribution in [3.05, 3.63) is 42.5 Å². The van der Waals surface area contributed by atoms with Gasteiger partial charge in [0.2, 0.25) is 5.88 Å². The number of nitrogens with zero attached hydrogens (tertiary/aromatic N) is 2. The number of benzene rings is 1. The topological polar surface area (TPSA) is 37.4 Å². The van der Waals surface area contributed by atoms with Gasteiger partial charge in [-0.3, -0.25) is 0 Å². The van der Waals surface area contributed by atoms with Crippen LogP contribution in [0.15, 0.2) is 42.5 Å². The maximum absolute atomic E-state index is 5.73. The summed E-state index contributed by atoms with van der Waals surface area (Å²) in [6.07, 6.45) is 0. The fraction of sp³-hybridized carbons (Fsp3) is 0.214. The lowest BCUT2D eigenvalue weighted by Gasteiger charge is -2.13. The van der Waals surface area contributed by atoms with Gasteiger partial charge in [-0.1, -0.05) is 12.1 Å². The summed E-state index contributed by atoms with van der Waals surface area (Å²) in [4.78, 5) is 6.35. The van der Waals surface area contributed by atoms with Crippen molar-refractivity contribution >= 4 is 11.5 Å². The van der Waals surface area contributed by atoms with E-state index in [4.69, 9.17) is 4.74 Å². The van der Waals surface area contributed by atoms with Crippen molar-refractivity contribution in [3.8, 4) is 11.6 Å². The molecule has 0 bridgehead atoms. The number of nitrogens with one attached hydrogen (secondary N) is 1. The number of hydrogen-bond donors (Lipinski definition) is 1. The standard InChI is InChI=1S/C14H17N3O/c1-15-13-8-5-9-14(16-13)18-12-7-4-6-11(10-12)17(2)3/h4-10H,1-3H3,(H,15,16). The predicted molar refractivity (Wildman–Crippen MR) is 74.6 cm³/mol. The summed E-state index contributed by atoms with van der Waals surface area (Å²) in [5.74, 6) is 2.15. The molecule has 18 heavy (non-hydrogen) atoms. The third-order valence-corrected chi connectivity index (χ3v) is 2.54. The van der Waals surface area contributed by atoms with E-state index >= 15 is 0 Å². The summed E-state index contributed by atoms with van der Waals surface area (Å²) in [6, 6.07) is 13.5. The van der Waals surface area contributed by atoms with Crippen LogP contribution in [0, 0.1) is 0 Å². The summed E-state index contributed by atoms with van der Waals surface area (Å²) in [5, 5.41) is 2.98. The number of pyridine rings is 1. The van der Waals surface area contributed by atoms with Crippen molar-refractivity contribution in [3.63, 3.8) is 0 Å². The minimum Gasteiger partial charge on any atom is -0.439 e. The Morgan fingerprint density at radius 2 is 1.89 bits per heavy atom. The summed E-state index contributed by atoms with van der Waals surface area (Å²) in [6.45, 7) is 0. The first-order chi connectivity index (χ1) is 8.69. The van der Waals surface area contributed by atoms with Gasteiger partial charge < -0.3 is 15.0 Å². The second-order valence-electron chi connectivity index (χ2n) is 4.10. The van der Waals surface area contributed by atoms with Crippen molar-refractivity contribution in [1.82, 2.24) is 4.98 Å². The molecule has 1 aromatic carbocycles. The zero-order valence-corrected chi connectivity index (χ0v) is 10.8. The Balaban J connectivity index is 2.20. The molecule has 0 radical (unpaired) electrons. The van der Waals surface area contributed by atoms with Crippen molar-refractivity contribution in [2.75, 3.05) is 31.4 Å². The number of hydrogen-bond acceptors (Lipinski definition) is 4. The first kappa shape index (κ1) is 12.2. The lowest BCUT2D eigenvalue weighted by Crippen LogP contribution is -2.08. The Kier molecular flexibility index (Phi) is 3.67. The minimum atomic E-state index is 0.581. The third-order valence-electron chi connectivity index (χ3n) is 2.54. The molecule has 0 amide bonds.